The average molecular weight is 344 g/mol. The molecule has 128 valence electrons. The van der Waals surface area contributed by atoms with Crippen LogP contribution in [-0.4, -0.2) is 51.6 Å². The molecule has 0 rings (SSSR count). The number of aliphatic hydroxyl groups is 2. The van der Waals surface area contributed by atoms with Crippen molar-refractivity contribution in [3.63, 3.8) is 0 Å². The highest BCUT2D eigenvalue weighted by molar-refractivity contribution is 7.91. The smallest absolute Gasteiger partial charge is 0.211 e. The summed E-state index contributed by atoms with van der Waals surface area (Å²) < 4.78 is 33.5. The van der Waals surface area contributed by atoms with Crippen LogP contribution in [-0.2, 0) is 21.2 Å². The molecule has 0 aromatic rings. The molecule has 8 heteroatoms. The topological polar surface area (TPSA) is 124 Å². The molecule has 0 saturated carbocycles. The van der Waals surface area contributed by atoms with Gasteiger partial charge in [-0.2, -0.15) is 0 Å². The zero-order valence-corrected chi connectivity index (χ0v) is 14.8. The Bertz CT molecular complexity index is 395. The van der Waals surface area contributed by atoms with E-state index < -0.39 is 38.2 Å². The Labute approximate surface area is 131 Å². The minimum absolute atomic E-state index is 0.234. The van der Waals surface area contributed by atoms with Crippen LogP contribution in [0.3, 0.4) is 0 Å². The maximum atomic E-state index is 11.6. The van der Waals surface area contributed by atoms with Gasteiger partial charge < -0.3 is 14.8 Å². The molecule has 0 spiro atoms. The van der Waals surface area contributed by atoms with E-state index in [4.69, 9.17) is 5.14 Å². The summed E-state index contributed by atoms with van der Waals surface area (Å²) in [6.07, 6.45) is 2.40. The Kier molecular flexibility index (Phi) is 8.75. The van der Waals surface area contributed by atoms with Gasteiger partial charge in [-0.1, -0.05) is 18.1 Å². The van der Waals surface area contributed by atoms with Crippen molar-refractivity contribution >= 4 is 21.2 Å². The van der Waals surface area contributed by atoms with E-state index in [0.717, 1.165) is 6.42 Å². The van der Waals surface area contributed by atoms with E-state index in [9.17, 15) is 23.2 Å². The molecular formula is C13H29NO5S2. The van der Waals surface area contributed by atoms with Crippen LogP contribution in [0.5, 0.6) is 0 Å². The summed E-state index contributed by atoms with van der Waals surface area (Å²) in [7, 11) is -3.73. The van der Waals surface area contributed by atoms with Gasteiger partial charge >= 0.3 is 0 Å². The number of nitrogens with two attached hydrogens (primary N) is 1. The third-order valence-corrected chi connectivity index (χ3v) is 5.79. The van der Waals surface area contributed by atoms with Crippen molar-refractivity contribution < 1.29 is 23.2 Å². The summed E-state index contributed by atoms with van der Waals surface area (Å²) in [5, 5.41) is 25.1. The highest BCUT2D eigenvalue weighted by Crippen LogP contribution is 2.23. The molecule has 0 aliphatic heterocycles. The van der Waals surface area contributed by atoms with Gasteiger partial charge in [0.2, 0.25) is 10.0 Å². The zero-order chi connectivity index (χ0) is 16.7. The maximum absolute atomic E-state index is 11.6. The molecule has 21 heavy (non-hydrogen) atoms. The van der Waals surface area contributed by atoms with E-state index >= 15 is 0 Å². The van der Waals surface area contributed by atoms with Crippen LogP contribution in [0.25, 0.3) is 0 Å². The molecule has 0 saturated heterocycles. The minimum Gasteiger partial charge on any atom is -0.616 e. The van der Waals surface area contributed by atoms with Crippen molar-refractivity contribution in [1.29, 1.82) is 0 Å². The van der Waals surface area contributed by atoms with E-state index in [1.807, 2.05) is 6.92 Å². The van der Waals surface area contributed by atoms with Gasteiger partial charge in [-0.3, -0.25) is 0 Å². The Morgan fingerprint density at radius 3 is 2.10 bits per heavy atom. The second-order valence-electron chi connectivity index (χ2n) is 6.25. The van der Waals surface area contributed by atoms with Crippen molar-refractivity contribution in [2.75, 3.05) is 17.3 Å². The number of rotatable bonds is 11. The zero-order valence-electron chi connectivity index (χ0n) is 13.2. The fourth-order valence-corrected chi connectivity index (χ4v) is 4.48. The standard InChI is InChI=1S/C13H29NO5S2/c1-4-9-20(17)10-8-12(2,15)6-5-7-13(3,16)11-21(14,18)19/h15-16H,4-11H2,1-3H3,(H2,14,18,19). The van der Waals surface area contributed by atoms with Gasteiger partial charge in [0.05, 0.1) is 17.0 Å². The first kappa shape index (κ1) is 21.1. The molecule has 0 amide bonds. The third kappa shape index (κ3) is 12.4. The van der Waals surface area contributed by atoms with Crippen LogP contribution < -0.4 is 5.14 Å². The van der Waals surface area contributed by atoms with Gasteiger partial charge in [0.1, 0.15) is 11.5 Å². The Balaban J connectivity index is 4.13. The first-order chi connectivity index (χ1) is 9.37. The number of primary sulfonamides is 1. The minimum atomic E-state index is -3.73. The van der Waals surface area contributed by atoms with Gasteiger partial charge in [-0.15, -0.1) is 0 Å². The third-order valence-electron chi connectivity index (χ3n) is 3.24. The highest BCUT2D eigenvalue weighted by atomic mass is 32.2. The van der Waals surface area contributed by atoms with Crippen molar-refractivity contribution in [3.05, 3.63) is 0 Å². The first-order valence-electron chi connectivity index (χ1n) is 7.17. The molecule has 0 fully saturated rings. The molecule has 3 unspecified atom stereocenters. The summed E-state index contributed by atoms with van der Waals surface area (Å²) >= 11 is -0.908. The monoisotopic (exact) mass is 343 g/mol. The number of hydrogen-bond donors (Lipinski definition) is 3. The molecule has 0 bridgehead atoms. The van der Waals surface area contributed by atoms with Crippen LogP contribution in [0.4, 0.5) is 0 Å². The van der Waals surface area contributed by atoms with Gasteiger partial charge in [0, 0.05) is 6.42 Å². The van der Waals surface area contributed by atoms with Crippen molar-refractivity contribution in [2.24, 2.45) is 5.14 Å². The molecule has 0 radical (unpaired) electrons. The molecule has 0 aliphatic carbocycles. The van der Waals surface area contributed by atoms with Gasteiger partial charge in [0.15, 0.2) is 0 Å². The molecule has 0 aromatic carbocycles. The predicted molar refractivity (Wildman–Crippen MR) is 85.9 cm³/mol. The van der Waals surface area contributed by atoms with Gasteiger partial charge in [0.25, 0.3) is 0 Å². The highest BCUT2D eigenvalue weighted by Gasteiger charge is 2.28. The van der Waals surface area contributed by atoms with Crippen molar-refractivity contribution in [2.45, 2.75) is 64.1 Å². The lowest BCUT2D eigenvalue weighted by Crippen LogP contribution is -2.37. The van der Waals surface area contributed by atoms with Crippen LogP contribution in [0.15, 0.2) is 0 Å². The lowest BCUT2D eigenvalue weighted by Gasteiger charge is -2.27. The summed E-state index contributed by atoms with van der Waals surface area (Å²) in [5.41, 5.74) is -2.35. The second kappa shape index (κ2) is 8.69. The van der Waals surface area contributed by atoms with Crippen LogP contribution >= 0.6 is 0 Å². The lowest BCUT2D eigenvalue weighted by molar-refractivity contribution is 0.0288. The van der Waals surface area contributed by atoms with E-state index in [-0.39, 0.29) is 6.42 Å². The van der Waals surface area contributed by atoms with E-state index in [0.29, 0.717) is 30.8 Å². The number of hydrogen-bond acceptors (Lipinski definition) is 5. The summed E-state index contributed by atoms with van der Waals surface area (Å²) in [6, 6.07) is 0. The van der Waals surface area contributed by atoms with E-state index in [2.05, 4.69) is 0 Å². The second-order valence-corrected chi connectivity index (χ2v) is 9.56. The molecule has 0 aromatic heterocycles. The molecule has 6 nitrogen and oxygen atoms in total. The quantitative estimate of drug-likeness (QED) is 0.471. The van der Waals surface area contributed by atoms with Crippen LogP contribution in [0.1, 0.15) is 52.9 Å². The van der Waals surface area contributed by atoms with Crippen molar-refractivity contribution in [3.8, 4) is 0 Å². The predicted octanol–water partition coefficient (Wildman–Crippen LogP) is 0.496. The average Bonchev–Trinajstić information content (AvgIpc) is 2.23. The number of sulfonamides is 1. The molecule has 3 atom stereocenters. The molecule has 0 heterocycles. The normalized spacial score (nSPS) is 19.8. The van der Waals surface area contributed by atoms with Crippen LogP contribution in [0.2, 0.25) is 0 Å². The van der Waals surface area contributed by atoms with Crippen LogP contribution in [0, 0.1) is 0 Å². The molecule has 0 aliphatic rings. The fraction of sp³-hybridized carbons (Fsp3) is 1.00. The summed E-state index contributed by atoms with van der Waals surface area (Å²) in [5.74, 6) is 0.593. The largest absolute Gasteiger partial charge is 0.616 e. The molecular weight excluding hydrogens is 314 g/mol. The summed E-state index contributed by atoms with van der Waals surface area (Å²) in [6.45, 7) is 5.05. The first-order valence-corrected chi connectivity index (χ1v) is 10.4. The van der Waals surface area contributed by atoms with Gasteiger partial charge in [-0.05, 0) is 39.5 Å². The summed E-state index contributed by atoms with van der Waals surface area (Å²) in [4.78, 5) is 0. The van der Waals surface area contributed by atoms with Crippen molar-refractivity contribution in [1.82, 2.24) is 0 Å². The Morgan fingerprint density at radius 1 is 1.10 bits per heavy atom. The fourth-order valence-electron chi connectivity index (χ4n) is 2.14. The van der Waals surface area contributed by atoms with E-state index in [1.54, 1.807) is 6.92 Å². The van der Waals surface area contributed by atoms with E-state index in [1.165, 1.54) is 6.92 Å². The maximum Gasteiger partial charge on any atom is 0.211 e. The SMILES string of the molecule is CCC[S+]([O-])CCC(C)(O)CCCC(C)(O)CS(N)(=O)=O. The Hall–Kier alpha value is 0.140. The molecule has 4 N–H and O–H groups in total. The van der Waals surface area contributed by atoms with Gasteiger partial charge in [-0.25, -0.2) is 13.6 Å². The Morgan fingerprint density at radius 2 is 1.62 bits per heavy atom. The lowest BCUT2D eigenvalue weighted by atomic mass is 9.92.